The van der Waals surface area contributed by atoms with Crippen LogP contribution in [0.3, 0.4) is 0 Å². The molecule has 3 aromatic rings. The monoisotopic (exact) mass is 347 g/mol. The maximum atomic E-state index is 12.9. The van der Waals surface area contributed by atoms with Crippen LogP contribution in [0.2, 0.25) is 0 Å². The summed E-state index contributed by atoms with van der Waals surface area (Å²) in [5, 5.41) is 11.0. The molecule has 0 aliphatic heterocycles. The van der Waals surface area contributed by atoms with Gasteiger partial charge in [-0.05, 0) is 54.1 Å². The van der Waals surface area contributed by atoms with Gasteiger partial charge in [-0.15, -0.1) is 0 Å². The van der Waals surface area contributed by atoms with E-state index in [0.717, 1.165) is 36.4 Å². The van der Waals surface area contributed by atoms with Gasteiger partial charge in [-0.25, -0.2) is 17.6 Å². The first-order valence-electron chi connectivity index (χ1n) is 6.59. The van der Waals surface area contributed by atoms with Gasteiger partial charge < -0.3 is 14.3 Å². The number of carbonyl (C=O) groups is 1. The Morgan fingerprint density at radius 2 is 1.71 bits per heavy atom. The van der Waals surface area contributed by atoms with Crippen LogP contribution in [0.5, 0.6) is 0 Å². The van der Waals surface area contributed by atoms with E-state index in [1.165, 1.54) is 12.1 Å². The molecule has 1 aromatic heterocycles. The van der Waals surface area contributed by atoms with Gasteiger partial charge in [-0.2, -0.15) is 0 Å². The lowest BCUT2D eigenvalue weighted by atomic mass is 10.1. The lowest BCUT2D eigenvalue weighted by Gasteiger charge is -2.06. The minimum atomic E-state index is -4.25. The van der Waals surface area contributed by atoms with Crippen LogP contribution in [0.1, 0.15) is 10.4 Å². The summed E-state index contributed by atoms with van der Waals surface area (Å²) in [6.07, 6.45) is 0. The fraction of sp³-hybridized carbons (Fsp3) is 0. The van der Waals surface area contributed by atoms with Gasteiger partial charge in [0, 0.05) is 5.39 Å². The zero-order valence-corrected chi connectivity index (χ0v) is 12.7. The number of carboxylic acids is 1. The predicted octanol–water partition coefficient (Wildman–Crippen LogP) is 1.13. The molecule has 0 saturated carbocycles. The second kappa shape index (κ2) is 5.57. The predicted molar refractivity (Wildman–Crippen MR) is 78.7 cm³/mol. The van der Waals surface area contributed by atoms with E-state index in [9.17, 15) is 27.5 Å². The molecule has 0 aliphatic carbocycles. The first-order chi connectivity index (χ1) is 11.3. The van der Waals surface area contributed by atoms with Crippen molar-refractivity contribution in [1.29, 1.82) is 0 Å². The second-order valence-corrected chi connectivity index (χ2v) is 6.81. The third-order valence-corrected chi connectivity index (χ3v) is 5.11. The number of carboxylic acid groups (broad SMARTS) is 1. The molecule has 8 heteroatoms. The topological polar surface area (TPSA) is 104 Å². The number of sulfone groups is 1. The number of carbonyl (C=O) groups excluding carboxylic acids is 1. The lowest BCUT2D eigenvalue weighted by molar-refractivity contribution is -0.255. The normalized spacial score (nSPS) is 11.5. The highest BCUT2D eigenvalue weighted by atomic mass is 32.2. The summed E-state index contributed by atoms with van der Waals surface area (Å²) in [4.78, 5) is 21.9. The minimum Gasteiger partial charge on any atom is -0.545 e. The number of fused-ring (bicyclic) bond motifs is 1. The molecule has 0 unspecified atom stereocenters. The SMILES string of the molecule is O=C([O-])c1ccc2oc(=O)c(S(=O)(=O)c3ccc(F)cc3)cc2c1. The van der Waals surface area contributed by atoms with Crippen LogP contribution in [0.4, 0.5) is 4.39 Å². The molecule has 0 fully saturated rings. The van der Waals surface area contributed by atoms with Crippen LogP contribution in [-0.4, -0.2) is 14.4 Å². The molecular formula is C16H8FO6S-. The third kappa shape index (κ3) is 2.67. The third-order valence-electron chi connectivity index (χ3n) is 3.35. The Hall–Kier alpha value is -3.00. The van der Waals surface area contributed by atoms with Crippen molar-refractivity contribution in [1.82, 2.24) is 0 Å². The fourth-order valence-corrected chi connectivity index (χ4v) is 3.45. The standard InChI is InChI=1S/C16H9FO6S/c17-11-2-4-12(5-3-11)24(21,22)14-8-10-7-9(15(18)19)1-6-13(10)23-16(14)20/h1-8H,(H,18,19)/p-1. The highest BCUT2D eigenvalue weighted by Gasteiger charge is 2.23. The van der Waals surface area contributed by atoms with Crippen LogP contribution in [0.25, 0.3) is 11.0 Å². The molecule has 1 heterocycles. The number of benzene rings is 2. The Bertz CT molecular complexity index is 1110. The molecule has 0 spiro atoms. The van der Waals surface area contributed by atoms with Gasteiger partial charge in [0.2, 0.25) is 9.84 Å². The molecule has 122 valence electrons. The van der Waals surface area contributed by atoms with Crippen molar-refractivity contribution in [3.63, 3.8) is 0 Å². The molecule has 6 nitrogen and oxygen atoms in total. The van der Waals surface area contributed by atoms with Crippen LogP contribution in [-0.2, 0) is 9.84 Å². The van der Waals surface area contributed by atoms with Crippen LogP contribution >= 0.6 is 0 Å². The summed E-state index contributed by atoms with van der Waals surface area (Å²) >= 11 is 0. The van der Waals surface area contributed by atoms with Crippen molar-refractivity contribution in [2.24, 2.45) is 0 Å². The quantitative estimate of drug-likeness (QED) is 0.519. The first kappa shape index (κ1) is 15.9. The van der Waals surface area contributed by atoms with Crippen LogP contribution < -0.4 is 10.7 Å². The Balaban J connectivity index is 2.24. The van der Waals surface area contributed by atoms with Gasteiger partial charge in [0.25, 0.3) is 0 Å². The first-order valence-corrected chi connectivity index (χ1v) is 8.07. The number of hydrogen-bond acceptors (Lipinski definition) is 6. The van der Waals surface area contributed by atoms with Crippen molar-refractivity contribution >= 4 is 26.8 Å². The van der Waals surface area contributed by atoms with Gasteiger partial charge in [0.1, 0.15) is 11.4 Å². The summed E-state index contributed by atoms with van der Waals surface area (Å²) in [5.41, 5.74) is -1.27. The van der Waals surface area contributed by atoms with Crippen molar-refractivity contribution in [2.45, 2.75) is 9.79 Å². The highest BCUT2D eigenvalue weighted by molar-refractivity contribution is 7.91. The Labute approximate surface area is 134 Å². The van der Waals surface area contributed by atoms with E-state index in [2.05, 4.69) is 0 Å². The second-order valence-electron chi connectivity index (χ2n) is 4.90. The van der Waals surface area contributed by atoms with Gasteiger partial charge in [0.15, 0.2) is 4.90 Å². The Kier molecular flexibility index (Phi) is 3.69. The van der Waals surface area contributed by atoms with E-state index in [1.807, 2.05) is 0 Å². The summed E-state index contributed by atoms with van der Waals surface area (Å²) < 4.78 is 42.9. The van der Waals surface area contributed by atoms with Crippen molar-refractivity contribution < 1.29 is 27.1 Å². The minimum absolute atomic E-state index is 0.0306. The molecule has 0 atom stereocenters. The zero-order valence-electron chi connectivity index (χ0n) is 11.9. The van der Waals surface area contributed by atoms with Crippen LogP contribution in [0.15, 0.2) is 67.5 Å². The van der Waals surface area contributed by atoms with Gasteiger partial charge >= 0.3 is 5.63 Å². The molecule has 24 heavy (non-hydrogen) atoms. The largest absolute Gasteiger partial charge is 0.545 e. The molecule has 0 aliphatic rings. The highest BCUT2D eigenvalue weighted by Crippen LogP contribution is 2.23. The Morgan fingerprint density at radius 1 is 1.04 bits per heavy atom. The van der Waals surface area contributed by atoms with E-state index in [0.29, 0.717) is 0 Å². The van der Waals surface area contributed by atoms with E-state index in [-0.39, 0.29) is 21.4 Å². The number of aromatic carboxylic acids is 1. The molecule has 0 amide bonds. The maximum absolute atomic E-state index is 12.9. The van der Waals surface area contributed by atoms with Gasteiger partial charge in [-0.3, -0.25) is 0 Å². The molecule has 0 radical (unpaired) electrons. The van der Waals surface area contributed by atoms with Crippen LogP contribution in [0, 0.1) is 5.82 Å². The summed E-state index contributed by atoms with van der Waals surface area (Å²) in [6, 6.07) is 8.50. The van der Waals surface area contributed by atoms with Crippen molar-refractivity contribution in [3.05, 3.63) is 70.3 Å². The van der Waals surface area contributed by atoms with E-state index < -0.39 is 32.1 Å². The molecule has 0 bridgehead atoms. The number of hydrogen-bond donors (Lipinski definition) is 0. The summed E-state index contributed by atoms with van der Waals surface area (Å²) in [7, 11) is -4.25. The van der Waals surface area contributed by atoms with E-state index in [4.69, 9.17) is 4.42 Å². The summed E-state index contributed by atoms with van der Waals surface area (Å²) in [6.45, 7) is 0. The average molecular weight is 347 g/mol. The van der Waals surface area contributed by atoms with E-state index >= 15 is 0 Å². The van der Waals surface area contributed by atoms with Crippen molar-refractivity contribution in [2.75, 3.05) is 0 Å². The Morgan fingerprint density at radius 3 is 2.33 bits per heavy atom. The molecule has 3 rings (SSSR count). The lowest BCUT2D eigenvalue weighted by Crippen LogP contribution is -2.22. The molecular weight excluding hydrogens is 339 g/mol. The molecule has 0 saturated heterocycles. The molecule has 0 N–H and O–H groups in total. The molecule has 2 aromatic carbocycles. The van der Waals surface area contributed by atoms with Gasteiger partial charge in [-0.1, -0.05) is 0 Å². The average Bonchev–Trinajstić information content (AvgIpc) is 2.54. The van der Waals surface area contributed by atoms with E-state index in [1.54, 1.807) is 0 Å². The smallest absolute Gasteiger partial charge is 0.355 e. The number of rotatable bonds is 3. The number of halogens is 1. The summed E-state index contributed by atoms with van der Waals surface area (Å²) in [5.74, 6) is -2.08. The fourth-order valence-electron chi connectivity index (χ4n) is 2.16. The zero-order chi connectivity index (χ0) is 17.5. The van der Waals surface area contributed by atoms with Gasteiger partial charge in [0.05, 0.1) is 10.9 Å². The van der Waals surface area contributed by atoms with Crippen molar-refractivity contribution in [3.8, 4) is 0 Å². The maximum Gasteiger partial charge on any atom is 0.355 e.